The number of nitrogens with zero attached hydrogens (tertiary/aromatic N) is 1. The molecule has 1 aliphatic rings. The standard InChI is InChI=1S/C24H30N2O/c1-17-6-11-23-20(15-17)21-16-24(2,25)13-4-5-22(21)26(23)14-12-18-7-9-19(27-3)10-8-18/h6-11,15H,4-5,12-14,16,25H2,1-3H3. The molecule has 1 atom stereocenters. The summed E-state index contributed by atoms with van der Waals surface area (Å²) < 4.78 is 7.83. The second kappa shape index (κ2) is 7.05. The predicted octanol–water partition coefficient (Wildman–Crippen LogP) is 4.80. The second-order valence-electron chi connectivity index (χ2n) is 8.38. The van der Waals surface area contributed by atoms with Gasteiger partial charge in [0, 0.05) is 28.7 Å². The molecule has 0 fully saturated rings. The Labute approximate surface area is 162 Å². The number of nitrogens with two attached hydrogens (primary N) is 1. The predicted molar refractivity (Wildman–Crippen MR) is 113 cm³/mol. The monoisotopic (exact) mass is 362 g/mol. The molecule has 27 heavy (non-hydrogen) atoms. The van der Waals surface area contributed by atoms with Crippen LogP contribution in [0.4, 0.5) is 0 Å². The van der Waals surface area contributed by atoms with Crippen LogP contribution in [0.1, 0.15) is 42.1 Å². The molecule has 1 heterocycles. The van der Waals surface area contributed by atoms with Crippen LogP contribution in [0.15, 0.2) is 42.5 Å². The van der Waals surface area contributed by atoms with E-state index in [0.29, 0.717) is 0 Å². The van der Waals surface area contributed by atoms with Gasteiger partial charge in [-0.2, -0.15) is 0 Å². The van der Waals surface area contributed by atoms with Crippen molar-refractivity contribution >= 4 is 10.9 Å². The van der Waals surface area contributed by atoms with Crippen LogP contribution in [0.5, 0.6) is 5.75 Å². The average molecular weight is 363 g/mol. The molecule has 1 aromatic heterocycles. The van der Waals surface area contributed by atoms with Crippen molar-refractivity contribution in [3.8, 4) is 5.75 Å². The maximum Gasteiger partial charge on any atom is 0.118 e. The van der Waals surface area contributed by atoms with Crippen LogP contribution in [-0.2, 0) is 25.8 Å². The van der Waals surface area contributed by atoms with E-state index in [0.717, 1.165) is 44.4 Å². The highest BCUT2D eigenvalue weighted by atomic mass is 16.5. The quantitative estimate of drug-likeness (QED) is 0.678. The lowest BCUT2D eigenvalue weighted by Gasteiger charge is -2.22. The molecule has 4 rings (SSSR count). The van der Waals surface area contributed by atoms with Crippen LogP contribution >= 0.6 is 0 Å². The molecular formula is C24H30N2O. The van der Waals surface area contributed by atoms with Gasteiger partial charge in [-0.1, -0.05) is 23.8 Å². The minimum absolute atomic E-state index is 0.107. The van der Waals surface area contributed by atoms with Crippen LogP contribution in [-0.4, -0.2) is 17.2 Å². The Kier molecular flexibility index (Phi) is 4.73. The van der Waals surface area contributed by atoms with Crippen molar-refractivity contribution < 1.29 is 4.74 Å². The Balaban J connectivity index is 1.72. The van der Waals surface area contributed by atoms with Crippen molar-refractivity contribution in [1.82, 2.24) is 4.57 Å². The highest BCUT2D eigenvalue weighted by Gasteiger charge is 2.28. The number of rotatable bonds is 4. The summed E-state index contributed by atoms with van der Waals surface area (Å²) in [5.41, 5.74) is 13.5. The summed E-state index contributed by atoms with van der Waals surface area (Å²) in [6.45, 7) is 5.39. The van der Waals surface area contributed by atoms with Gasteiger partial charge < -0.3 is 15.0 Å². The van der Waals surface area contributed by atoms with Gasteiger partial charge in [-0.15, -0.1) is 0 Å². The van der Waals surface area contributed by atoms with Gasteiger partial charge in [0.15, 0.2) is 0 Å². The van der Waals surface area contributed by atoms with Crippen LogP contribution in [0, 0.1) is 6.92 Å². The van der Waals surface area contributed by atoms with Crippen molar-refractivity contribution in [2.24, 2.45) is 5.73 Å². The van der Waals surface area contributed by atoms with Crippen molar-refractivity contribution in [3.63, 3.8) is 0 Å². The lowest BCUT2D eigenvalue weighted by atomic mass is 9.91. The first-order valence-electron chi connectivity index (χ1n) is 9.99. The van der Waals surface area contributed by atoms with E-state index < -0.39 is 0 Å². The summed E-state index contributed by atoms with van der Waals surface area (Å²) in [4.78, 5) is 0. The first-order valence-corrected chi connectivity index (χ1v) is 9.99. The van der Waals surface area contributed by atoms with E-state index in [1.54, 1.807) is 7.11 Å². The highest BCUT2D eigenvalue weighted by Crippen LogP contribution is 2.35. The van der Waals surface area contributed by atoms with Gasteiger partial charge in [0.05, 0.1) is 7.11 Å². The SMILES string of the molecule is COc1ccc(CCn2c3c(c4cc(C)ccc42)CC(C)(N)CCC3)cc1. The van der Waals surface area contributed by atoms with Gasteiger partial charge in [0.25, 0.3) is 0 Å². The Morgan fingerprint density at radius 2 is 1.93 bits per heavy atom. The maximum atomic E-state index is 6.60. The number of hydrogen-bond donors (Lipinski definition) is 1. The van der Waals surface area contributed by atoms with Gasteiger partial charge in [-0.3, -0.25) is 0 Å². The Hall–Kier alpha value is -2.26. The number of ether oxygens (including phenoxy) is 1. The largest absolute Gasteiger partial charge is 0.497 e. The molecule has 3 nitrogen and oxygen atoms in total. The van der Waals surface area contributed by atoms with Gasteiger partial charge in [0.1, 0.15) is 5.75 Å². The summed E-state index contributed by atoms with van der Waals surface area (Å²) in [6, 6.07) is 15.3. The summed E-state index contributed by atoms with van der Waals surface area (Å²) >= 11 is 0. The number of fused-ring (bicyclic) bond motifs is 3. The molecule has 0 radical (unpaired) electrons. The number of methoxy groups -OCH3 is 1. The molecule has 0 spiro atoms. The summed E-state index contributed by atoms with van der Waals surface area (Å²) in [5.74, 6) is 0.914. The first-order chi connectivity index (χ1) is 13.0. The number of benzene rings is 2. The molecule has 1 aliphatic carbocycles. The fourth-order valence-electron chi connectivity index (χ4n) is 4.51. The highest BCUT2D eigenvalue weighted by molar-refractivity contribution is 5.86. The summed E-state index contributed by atoms with van der Waals surface area (Å²) in [6.07, 6.45) is 5.37. The smallest absolute Gasteiger partial charge is 0.118 e. The third kappa shape index (κ3) is 3.61. The minimum atomic E-state index is -0.107. The zero-order valence-electron chi connectivity index (χ0n) is 16.7. The van der Waals surface area contributed by atoms with E-state index in [4.69, 9.17) is 10.5 Å². The van der Waals surface area contributed by atoms with Gasteiger partial charge in [0.2, 0.25) is 0 Å². The van der Waals surface area contributed by atoms with Crippen molar-refractivity contribution in [1.29, 1.82) is 0 Å². The minimum Gasteiger partial charge on any atom is -0.497 e. The molecule has 0 saturated carbocycles. The topological polar surface area (TPSA) is 40.2 Å². The number of hydrogen-bond acceptors (Lipinski definition) is 2. The third-order valence-electron chi connectivity index (χ3n) is 5.97. The second-order valence-corrected chi connectivity index (χ2v) is 8.38. The molecule has 0 aliphatic heterocycles. The van der Waals surface area contributed by atoms with Gasteiger partial charge >= 0.3 is 0 Å². The Morgan fingerprint density at radius 1 is 1.15 bits per heavy atom. The van der Waals surface area contributed by atoms with E-state index in [2.05, 4.69) is 48.7 Å². The molecule has 0 bridgehead atoms. The molecule has 0 saturated heterocycles. The zero-order valence-corrected chi connectivity index (χ0v) is 16.7. The molecule has 3 heteroatoms. The number of aromatic nitrogens is 1. The van der Waals surface area contributed by atoms with Crippen LogP contribution < -0.4 is 10.5 Å². The van der Waals surface area contributed by atoms with E-state index in [1.165, 1.54) is 33.3 Å². The number of aryl methyl sites for hydroxylation is 3. The molecule has 1 unspecified atom stereocenters. The molecule has 0 amide bonds. The average Bonchev–Trinajstić information content (AvgIpc) is 2.81. The lowest BCUT2D eigenvalue weighted by molar-refractivity contribution is 0.414. The third-order valence-corrected chi connectivity index (χ3v) is 5.97. The van der Waals surface area contributed by atoms with Gasteiger partial charge in [-0.25, -0.2) is 0 Å². The fraction of sp³-hybridized carbons (Fsp3) is 0.417. The normalized spacial score (nSPS) is 19.7. The van der Waals surface area contributed by atoms with Crippen LogP contribution in [0.25, 0.3) is 10.9 Å². The first kappa shape index (κ1) is 18.1. The zero-order chi connectivity index (χ0) is 19.0. The van der Waals surface area contributed by atoms with Crippen LogP contribution in [0.3, 0.4) is 0 Å². The molecule has 2 N–H and O–H groups in total. The van der Waals surface area contributed by atoms with Gasteiger partial charge in [-0.05, 0) is 81.3 Å². The van der Waals surface area contributed by atoms with E-state index in [1.807, 2.05) is 12.1 Å². The van der Waals surface area contributed by atoms with Crippen LogP contribution in [0.2, 0.25) is 0 Å². The fourth-order valence-corrected chi connectivity index (χ4v) is 4.51. The van der Waals surface area contributed by atoms with Crippen molar-refractivity contribution in [3.05, 3.63) is 64.8 Å². The molecule has 142 valence electrons. The molecule has 2 aromatic carbocycles. The summed E-state index contributed by atoms with van der Waals surface area (Å²) in [5, 5.41) is 1.40. The molecular weight excluding hydrogens is 332 g/mol. The molecule has 3 aromatic rings. The van der Waals surface area contributed by atoms with E-state index >= 15 is 0 Å². The maximum absolute atomic E-state index is 6.60. The van der Waals surface area contributed by atoms with Crippen molar-refractivity contribution in [2.75, 3.05) is 7.11 Å². The Morgan fingerprint density at radius 3 is 2.67 bits per heavy atom. The van der Waals surface area contributed by atoms with E-state index in [9.17, 15) is 0 Å². The summed E-state index contributed by atoms with van der Waals surface area (Å²) in [7, 11) is 1.71. The lowest BCUT2D eigenvalue weighted by Crippen LogP contribution is -2.37. The Bertz CT molecular complexity index is 951. The van der Waals surface area contributed by atoms with E-state index in [-0.39, 0.29) is 5.54 Å². The van der Waals surface area contributed by atoms with Crippen molar-refractivity contribution in [2.45, 2.75) is 58.0 Å².